The molecule has 2 aromatic rings. The van der Waals surface area contributed by atoms with Gasteiger partial charge in [0.1, 0.15) is 25.1 Å². The molecular formula is C17H18BNO2. The summed E-state index contributed by atoms with van der Waals surface area (Å²) in [6.07, 6.45) is 7.54. The summed E-state index contributed by atoms with van der Waals surface area (Å²) in [6.45, 7) is 5.81. The van der Waals surface area contributed by atoms with Crippen molar-refractivity contribution in [1.82, 2.24) is 4.98 Å². The number of ether oxygens (including phenoxy) is 1. The summed E-state index contributed by atoms with van der Waals surface area (Å²) in [5.74, 6) is 1.18. The number of aliphatic hydroxyl groups is 1. The molecule has 0 saturated carbocycles. The molecule has 3 nitrogen and oxygen atoms in total. The van der Waals surface area contributed by atoms with E-state index in [0.29, 0.717) is 11.5 Å². The van der Waals surface area contributed by atoms with Gasteiger partial charge in [0.25, 0.3) is 0 Å². The molecule has 21 heavy (non-hydrogen) atoms. The van der Waals surface area contributed by atoms with Gasteiger partial charge in [-0.2, -0.15) is 0 Å². The minimum Gasteiger partial charge on any atom is -0.508 e. The normalized spacial score (nSPS) is 12.0. The largest absolute Gasteiger partial charge is 0.508 e. The Bertz CT molecular complexity index is 720. The molecule has 1 aromatic heterocycles. The zero-order valence-electron chi connectivity index (χ0n) is 12.3. The Labute approximate surface area is 125 Å². The van der Waals surface area contributed by atoms with Crippen molar-refractivity contribution >= 4 is 24.2 Å². The van der Waals surface area contributed by atoms with Gasteiger partial charge in [-0.3, -0.25) is 4.98 Å². The molecule has 0 fully saturated rings. The van der Waals surface area contributed by atoms with Crippen LogP contribution in [0.15, 0.2) is 66.8 Å². The summed E-state index contributed by atoms with van der Waals surface area (Å²) in [5.41, 5.74) is 2.00. The summed E-state index contributed by atoms with van der Waals surface area (Å²) < 4.78 is 5.73. The van der Waals surface area contributed by atoms with Gasteiger partial charge in [0.05, 0.1) is 5.52 Å². The second kappa shape index (κ2) is 6.79. The number of hydrogen-bond acceptors (Lipinski definition) is 3. The summed E-state index contributed by atoms with van der Waals surface area (Å²) in [4.78, 5) is 4.31. The molecule has 1 heterocycles. The Hall–Kier alpha value is -2.49. The predicted molar refractivity (Wildman–Crippen MR) is 89.8 cm³/mol. The number of aliphatic hydroxyl groups excluding tert-OH is 1. The van der Waals surface area contributed by atoms with E-state index >= 15 is 0 Å². The van der Waals surface area contributed by atoms with E-state index in [9.17, 15) is 5.11 Å². The number of benzene rings is 1. The van der Waals surface area contributed by atoms with Crippen molar-refractivity contribution in [1.29, 1.82) is 0 Å². The molecule has 4 heteroatoms. The van der Waals surface area contributed by atoms with Crippen LogP contribution >= 0.6 is 0 Å². The van der Waals surface area contributed by atoms with E-state index in [-0.39, 0.29) is 5.76 Å². The van der Waals surface area contributed by atoms with E-state index in [4.69, 9.17) is 4.74 Å². The lowest BCUT2D eigenvalue weighted by Gasteiger charge is -2.09. The topological polar surface area (TPSA) is 42.4 Å². The molecule has 0 amide bonds. The molecule has 0 spiro atoms. The third-order valence-electron chi connectivity index (χ3n) is 2.93. The number of rotatable bonds is 5. The van der Waals surface area contributed by atoms with Crippen molar-refractivity contribution in [3.05, 3.63) is 66.8 Å². The second-order valence-electron chi connectivity index (χ2n) is 4.78. The second-order valence-corrected chi connectivity index (χ2v) is 4.78. The molecule has 0 aliphatic carbocycles. The third kappa shape index (κ3) is 3.99. The molecule has 106 valence electrons. The first-order valence-corrected chi connectivity index (χ1v) is 6.89. The van der Waals surface area contributed by atoms with E-state index < -0.39 is 0 Å². The van der Waals surface area contributed by atoms with Crippen molar-refractivity contribution in [2.75, 3.05) is 0 Å². The van der Waals surface area contributed by atoms with Crippen LogP contribution in [0.1, 0.15) is 13.3 Å². The maximum Gasteiger partial charge on any atom is 0.139 e. The minimum atomic E-state index is 0.122. The molecule has 0 aliphatic rings. The van der Waals surface area contributed by atoms with E-state index in [1.807, 2.05) is 39.0 Å². The van der Waals surface area contributed by atoms with Gasteiger partial charge in [0, 0.05) is 17.7 Å². The quantitative estimate of drug-likeness (QED) is 0.520. The highest BCUT2D eigenvalue weighted by Crippen LogP contribution is 2.24. The zero-order chi connectivity index (χ0) is 15.2. The first kappa shape index (κ1) is 14.9. The lowest BCUT2D eigenvalue weighted by atomic mass is 9.94. The number of hydrogen-bond donors (Lipinski definition) is 1. The van der Waals surface area contributed by atoms with Gasteiger partial charge in [0.15, 0.2) is 0 Å². The van der Waals surface area contributed by atoms with Crippen molar-refractivity contribution in [2.45, 2.75) is 13.3 Å². The van der Waals surface area contributed by atoms with Gasteiger partial charge in [-0.25, -0.2) is 0 Å². The fourth-order valence-corrected chi connectivity index (χ4v) is 1.95. The van der Waals surface area contributed by atoms with Crippen LogP contribution < -0.4 is 10.2 Å². The lowest BCUT2D eigenvalue weighted by Crippen LogP contribution is -2.02. The Balaban J connectivity index is 2.25. The highest BCUT2D eigenvalue weighted by atomic mass is 16.5. The summed E-state index contributed by atoms with van der Waals surface area (Å²) >= 11 is 0. The molecule has 1 aromatic carbocycles. The monoisotopic (exact) mass is 279 g/mol. The maximum atomic E-state index is 9.71. The summed E-state index contributed by atoms with van der Waals surface area (Å²) in [7, 11) is 2.02. The third-order valence-corrected chi connectivity index (χ3v) is 2.93. The van der Waals surface area contributed by atoms with Crippen LogP contribution in [0.3, 0.4) is 0 Å². The Kier molecular flexibility index (Phi) is 4.83. The maximum absolute atomic E-state index is 9.71. The van der Waals surface area contributed by atoms with Crippen molar-refractivity contribution in [3.63, 3.8) is 0 Å². The predicted octanol–water partition coefficient (Wildman–Crippen LogP) is 2.79. The Morgan fingerprint density at radius 2 is 2.24 bits per heavy atom. The van der Waals surface area contributed by atoms with Crippen LogP contribution in [-0.4, -0.2) is 17.9 Å². The minimum absolute atomic E-state index is 0.122. The first-order valence-electron chi connectivity index (χ1n) is 6.89. The van der Waals surface area contributed by atoms with Crippen LogP contribution in [-0.2, 0) is 0 Å². The number of allylic oxidation sites excluding steroid dienone is 3. The number of nitrogens with zero attached hydrogens (tertiary/aromatic N) is 1. The fourth-order valence-electron chi connectivity index (χ4n) is 1.95. The van der Waals surface area contributed by atoms with Crippen LogP contribution in [0.2, 0.25) is 0 Å². The van der Waals surface area contributed by atoms with E-state index in [1.54, 1.807) is 18.3 Å². The van der Waals surface area contributed by atoms with Crippen molar-refractivity contribution < 1.29 is 9.84 Å². The molecule has 0 unspecified atom stereocenters. The molecule has 0 radical (unpaired) electrons. The molecule has 1 N–H and O–H groups in total. The summed E-state index contributed by atoms with van der Waals surface area (Å²) in [6, 6.07) is 7.78. The molecule has 0 bridgehead atoms. The SMILES string of the molecule is Bc1ccc2nccc(OC(=C)/C=C(O)\C=C/CC)c2c1. The highest BCUT2D eigenvalue weighted by Gasteiger charge is 2.04. The average molecular weight is 279 g/mol. The molecule has 0 atom stereocenters. The Morgan fingerprint density at radius 3 is 3.00 bits per heavy atom. The van der Waals surface area contributed by atoms with Crippen LogP contribution in [0, 0.1) is 0 Å². The fraction of sp³-hybridized carbons (Fsp3) is 0.118. The molecule has 0 aliphatic heterocycles. The standard InChI is InChI=1S/C17H18BNO2/c1-3-4-5-14(20)10-12(2)21-17-8-9-19-16-7-6-13(18)11-15(16)17/h4-11,20H,2-3,18H2,1H3/b5-4-,14-10+. The lowest BCUT2D eigenvalue weighted by molar-refractivity contribution is 0.413. The van der Waals surface area contributed by atoms with Crippen LogP contribution in [0.5, 0.6) is 5.75 Å². The number of pyridine rings is 1. The van der Waals surface area contributed by atoms with Crippen molar-refractivity contribution in [3.8, 4) is 5.75 Å². The number of aromatic nitrogens is 1. The van der Waals surface area contributed by atoms with Gasteiger partial charge in [0.2, 0.25) is 0 Å². The van der Waals surface area contributed by atoms with Gasteiger partial charge in [-0.15, -0.1) is 0 Å². The van der Waals surface area contributed by atoms with Crippen LogP contribution in [0.4, 0.5) is 0 Å². The zero-order valence-corrected chi connectivity index (χ0v) is 12.3. The van der Waals surface area contributed by atoms with Crippen LogP contribution in [0.25, 0.3) is 10.9 Å². The van der Waals surface area contributed by atoms with Crippen molar-refractivity contribution in [2.24, 2.45) is 0 Å². The van der Waals surface area contributed by atoms with Gasteiger partial charge >= 0.3 is 0 Å². The molecule has 2 rings (SSSR count). The highest BCUT2D eigenvalue weighted by molar-refractivity contribution is 6.33. The van der Waals surface area contributed by atoms with E-state index in [1.165, 1.54) is 6.08 Å². The Morgan fingerprint density at radius 1 is 1.43 bits per heavy atom. The van der Waals surface area contributed by atoms with Gasteiger partial charge < -0.3 is 9.84 Å². The smallest absolute Gasteiger partial charge is 0.139 e. The first-order chi connectivity index (χ1) is 10.1. The molecular weight excluding hydrogens is 261 g/mol. The summed E-state index contributed by atoms with van der Waals surface area (Å²) in [5, 5.41) is 10.6. The van der Waals surface area contributed by atoms with Gasteiger partial charge in [-0.1, -0.05) is 37.2 Å². The number of fused-ring (bicyclic) bond motifs is 1. The van der Waals surface area contributed by atoms with E-state index in [2.05, 4.69) is 11.6 Å². The van der Waals surface area contributed by atoms with Gasteiger partial charge in [-0.05, 0) is 24.6 Å². The molecule has 0 saturated heterocycles. The average Bonchev–Trinajstić information content (AvgIpc) is 2.45. The van der Waals surface area contributed by atoms with E-state index in [0.717, 1.165) is 22.8 Å².